The van der Waals surface area contributed by atoms with E-state index in [0.717, 1.165) is 18.2 Å². The second kappa shape index (κ2) is 3.58. The van der Waals surface area contributed by atoms with E-state index in [1.54, 1.807) is 0 Å². The van der Waals surface area contributed by atoms with E-state index in [-0.39, 0.29) is 18.9 Å². The minimum Gasteiger partial charge on any atom is -0.284 e. The molecular weight excluding hydrogens is 117 g/mol. The van der Waals surface area contributed by atoms with E-state index in [0.29, 0.717) is 0 Å². The van der Waals surface area contributed by atoms with Crippen molar-refractivity contribution in [3.05, 3.63) is 36.0 Å². The molecule has 0 nitrogen and oxygen atoms in total. The normalized spacial score (nSPS) is 14.9. The van der Waals surface area contributed by atoms with Crippen molar-refractivity contribution in [2.75, 3.05) is 0 Å². The SMILES string of the molecule is FC1=C=C[C-](F)C=C1.[Li+]. The smallest absolute Gasteiger partial charge is 0.284 e. The summed E-state index contributed by atoms with van der Waals surface area (Å²) in [5, 5.41) is 0. The van der Waals surface area contributed by atoms with Crippen LogP contribution in [0.2, 0.25) is 0 Å². The molecule has 0 saturated carbocycles. The molecule has 0 aromatic heterocycles. The van der Waals surface area contributed by atoms with Gasteiger partial charge in [-0.25, -0.2) is 10.1 Å². The zero-order chi connectivity index (χ0) is 5.98. The van der Waals surface area contributed by atoms with Crippen LogP contribution in [0.3, 0.4) is 0 Å². The summed E-state index contributed by atoms with van der Waals surface area (Å²) < 4.78 is 23.8. The van der Waals surface area contributed by atoms with Gasteiger partial charge in [-0.05, 0) is 0 Å². The maximum atomic E-state index is 11.9. The van der Waals surface area contributed by atoms with Crippen LogP contribution in [0.25, 0.3) is 0 Å². The summed E-state index contributed by atoms with van der Waals surface area (Å²) in [4.78, 5) is 0. The zero-order valence-electron chi connectivity index (χ0n) is 4.99. The van der Waals surface area contributed by atoms with Crippen LogP contribution < -0.4 is 18.9 Å². The number of rotatable bonds is 0. The Morgan fingerprint density at radius 1 is 1.56 bits per heavy atom. The van der Waals surface area contributed by atoms with Crippen LogP contribution in [0.5, 0.6) is 0 Å². The molecule has 9 heavy (non-hydrogen) atoms. The van der Waals surface area contributed by atoms with Gasteiger partial charge in [0.1, 0.15) is 0 Å². The van der Waals surface area contributed by atoms with Gasteiger partial charge in [0.15, 0.2) is 0 Å². The quantitative estimate of drug-likeness (QED) is 0.220. The van der Waals surface area contributed by atoms with Crippen molar-refractivity contribution in [1.82, 2.24) is 0 Å². The van der Waals surface area contributed by atoms with E-state index in [2.05, 4.69) is 5.73 Å². The molecule has 0 heterocycles. The van der Waals surface area contributed by atoms with Crippen molar-refractivity contribution in [3.63, 3.8) is 0 Å². The summed E-state index contributed by atoms with van der Waals surface area (Å²) >= 11 is 0. The molecule has 0 N–H and O–H groups in total. The van der Waals surface area contributed by atoms with Crippen molar-refractivity contribution in [3.8, 4) is 0 Å². The summed E-state index contributed by atoms with van der Waals surface area (Å²) in [7, 11) is 0. The van der Waals surface area contributed by atoms with E-state index in [1.807, 2.05) is 0 Å². The second-order valence-electron chi connectivity index (χ2n) is 1.35. The fourth-order valence-electron chi connectivity index (χ4n) is 0.387. The van der Waals surface area contributed by atoms with Crippen LogP contribution in [0.15, 0.2) is 29.8 Å². The van der Waals surface area contributed by atoms with Gasteiger partial charge in [0.05, 0.1) is 0 Å². The molecule has 0 unspecified atom stereocenters. The zero-order valence-corrected chi connectivity index (χ0v) is 4.99. The molecule has 0 aliphatic heterocycles. The third kappa shape index (κ3) is 2.58. The summed E-state index contributed by atoms with van der Waals surface area (Å²) in [6.45, 7) is 0. The Balaban J connectivity index is 0.000000640. The summed E-state index contributed by atoms with van der Waals surface area (Å²) in [6.07, 6.45) is 2.56. The van der Waals surface area contributed by atoms with Gasteiger partial charge >= 0.3 is 18.9 Å². The van der Waals surface area contributed by atoms with Gasteiger partial charge < -0.3 is 0 Å². The maximum absolute atomic E-state index is 11.9. The van der Waals surface area contributed by atoms with E-state index >= 15 is 0 Å². The van der Waals surface area contributed by atoms with Gasteiger partial charge in [-0.3, -0.25) is 4.39 Å². The average molecular weight is 120 g/mol. The van der Waals surface area contributed by atoms with Gasteiger partial charge in [0, 0.05) is 12.0 Å². The Morgan fingerprint density at radius 3 is 2.56 bits per heavy atom. The summed E-state index contributed by atoms with van der Waals surface area (Å²) in [5.74, 6) is -0.536. The molecule has 0 aromatic carbocycles. The molecule has 42 valence electrons. The van der Waals surface area contributed by atoms with Crippen LogP contribution in [-0.2, 0) is 0 Å². The first kappa shape index (κ1) is 8.59. The Bertz CT molecular complexity index is 177. The van der Waals surface area contributed by atoms with Crippen LogP contribution >= 0.6 is 0 Å². The van der Waals surface area contributed by atoms with Crippen molar-refractivity contribution >= 4 is 0 Å². The number of allylic oxidation sites excluding steroid dienone is 3. The molecule has 1 rings (SSSR count). The number of hydrogen-bond acceptors (Lipinski definition) is 0. The van der Waals surface area contributed by atoms with E-state index < -0.39 is 12.0 Å². The Morgan fingerprint density at radius 2 is 2.22 bits per heavy atom. The van der Waals surface area contributed by atoms with Gasteiger partial charge in [-0.1, -0.05) is 0 Å². The fraction of sp³-hybridized carbons (Fsp3) is 0. The van der Waals surface area contributed by atoms with E-state index in [1.165, 1.54) is 0 Å². The first-order valence-corrected chi connectivity index (χ1v) is 2.12. The Labute approximate surface area is 64.1 Å². The first-order chi connectivity index (χ1) is 3.79. The molecule has 0 radical (unpaired) electrons. The standard InChI is InChI=1S/C6H3F2.Li/c7-5-1-2-6(8)4-3-5;/h1-3H;/q-1;+1. The van der Waals surface area contributed by atoms with Crippen LogP contribution in [0.4, 0.5) is 8.78 Å². The largest absolute Gasteiger partial charge is 1.00 e. The van der Waals surface area contributed by atoms with Crippen LogP contribution in [-0.4, -0.2) is 0 Å². The molecule has 0 amide bonds. The van der Waals surface area contributed by atoms with Gasteiger partial charge in [-0.15, -0.1) is 18.2 Å². The topological polar surface area (TPSA) is 0 Å². The summed E-state index contributed by atoms with van der Waals surface area (Å²) in [5.41, 5.74) is 2.06. The van der Waals surface area contributed by atoms with Gasteiger partial charge in [0.25, 0.3) is 0 Å². The van der Waals surface area contributed by atoms with Crippen molar-refractivity contribution in [1.29, 1.82) is 0 Å². The predicted octanol–water partition coefficient (Wildman–Crippen LogP) is -0.930. The maximum Gasteiger partial charge on any atom is 1.00 e. The van der Waals surface area contributed by atoms with Gasteiger partial charge in [0.2, 0.25) is 0 Å². The number of hydrogen-bond donors (Lipinski definition) is 0. The monoisotopic (exact) mass is 120 g/mol. The van der Waals surface area contributed by atoms with E-state index in [4.69, 9.17) is 0 Å². The first-order valence-electron chi connectivity index (χ1n) is 2.12. The number of halogens is 2. The molecule has 0 aromatic rings. The molecule has 1 aliphatic rings. The molecule has 0 saturated heterocycles. The molecule has 1 aliphatic carbocycles. The molecular formula is C6H3F2Li. The molecule has 0 bridgehead atoms. The molecule has 0 atom stereocenters. The van der Waals surface area contributed by atoms with Crippen molar-refractivity contribution < 1.29 is 27.6 Å². The van der Waals surface area contributed by atoms with Crippen LogP contribution in [0, 0.1) is 6.17 Å². The molecule has 0 fully saturated rings. The fourth-order valence-corrected chi connectivity index (χ4v) is 0.387. The summed E-state index contributed by atoms with van der Waals surface area (Å²) in [6, 6.07) is 0. The molecule has 0 spiro atoms. The second-order valence-corrected chi connectivity index (χ2v) is 1.35. The van der Waals surface area contributed by atoms with Crippen LogP contribution in [0.1, 0.15) is 0 Å². The minimum atomic E-state index is -0.536. The third-order valence-corrected chi connectivity index (χ3v) is 0.737. The van der Waals surface area contributed by atoms with E-state index in [9.17, 15) is 8.78 Å². The minimum absolute atomic E-state index is 0. The van der Waals surface area contributed by atoms with Gasteiger partial charge in [-0.2, -0.15) is 0 Å². The average Bonchev–Trinajstić information content (AvgIpc) is 1.77. The Kier molecular flexibility index (Phi) is 3.42. The van der Waals surface area contributed by atoms with Crippen molar-refractivity contribution in [2.24, 2.45) is 0 Å². The Hall–Kier alpha value is -0.413. The predicted molar refractivity (Wildman–Crippen MR) is 26.2 cm³/mol. The third-order valence-electron chi connectivity index (χ3n) is 0.737. The van der Waals surface area contributed by atoms with Crippen molar-refractivity contribution in [2.45, 2.75) is 0 Å². The molecule has 3 heteroatoms.